The number of nitro groups is 1. The predicted molar refractivity (Wildman–Crippen MR) is 75.3 cm³/mol. The summed E-state index contributed by atoms with van der Waals surface area (Å²) in [4.78, 5) is 14.9. The molecule has 0 saturated carbocycles. The number of piperazine rings is 1. The quantitative estimate of drug-likeness (QED) is 0.273. The van der Waals surface area contributed by atoms with Crippen LogP contribution in [0.15, 0.2) is 23.4 Å². The summed E-state index contributed by atoms with van der Waals surface area (Å²) in [5.74, 6) is -0.141. The van der Waals surface area contributed by atoms with Crippen molar-refractivity contribution in [3.8, 4) is 0 Å². The molecule has 20 heavy (non-hydrogen) atoms. The molecule has 1 heterocycles. The van der Waals surface area contributed by atoms with Gasteiger partial charge >= 0.3 is 0 Å². The predicted octanol–water partition coefficient (Wildman–Crippen LogP) is 0.441. The molecule has 0 aliphatic carbocycles. The van der Waals surface area contributed by atoms with Gasteiger partial charge in [0.15, 0.2) is 5.84 Å². The molecule has 1 aliphatic heterocycles. The van der Waals surface area contributed by atoms with Crippen LogP contribution in [0.3, 0.4) is 0 Å². The van der Waals surface area contributed by atoms with Gasteiger partial charge in [-0.1, -0.05) is 5.16 Å². The number of benzene rings is 1. The van der Waals surface area contributed by atoms with Crippen molar-refractivity contribution >= 4 is 17.2 Å². The van der Waals surface area contributed by atoms with E-state index in [1.54, 1.807) is 12.1 Å². The van der Waals surface area contributed by atoms with Crippen LogP contribution in [-0.2, 0) is 0 Å². The highest BCUT2D eigenvalue weighted by molar-refractivity contribution is 5.98. The van der Waals surface area contributed by atoms with E-state index in [9.17, 15) is 10.1 Å². The lowest BCUT2D eigenvalue weighted by atomic mass is 10.1. The molecule has 1 aromatic rings. The second kappa shape index (κ2) is 5.74. The van der Waals surface area contributed by atoms with Crippen molar-refractivity contribution in [3.63, 3.8) is 0 Å². The topological polar surface area (TPSA) is 108 Å². The van der Waals surface area contributed by atoms with Gasteiger partial charge in [0, 0.05) is 37.8 Å². The normalized spacial score (nSPS) is 17.2. The highest BCUT2D eigenvalue weighted by atomic mass is 16.6. The van der Waals surface area contributed by atoms with Crippen LogP contribution in [0.25, 0.3) is 0 Å². The van der Waals surface area contributed by atoms with E-state index in [1.807, 2.05) is 11.9 Å². The zero-order valence-corrected chi connectivity index (χ0v) is 11.2. The number of hydrogen-bond acceptors (Lipinski definition) is 6. The number of nitrogens with two attached hydrogens (primary N) is 1. The molecular formula is C12H17N5O3. The van der Waals surface area contributed by atoms with Crippen molar-refractivity contribution in [2.24, 2.45) is 10.9 Å². The summed E-state index contributed by atoms with van der Waals surface area (Å²) in [7, 11) is 2.02. The number of nitrogens with zero attached hydrogens (tertiary/aromatic N) is 4. The van der Waals surface area contributed by atoms with Crippen LogP contribution in [0.5, 0.6) is 0 Å². The monoisotopic (exact) mass is 279 g/mol. The zero-order chi connectivity index (χ0) is 14.7. The first-order chi connectivity index (χ1) is 9.52. The first-order valence-electron chi connectivity index (χ1n) is 6.22. The molecule has 0 bridgehead atoms. The first kappa shape index (κ1) is 14.1. The highest BCUT2D eigenvalue weighted by Crippen LogP contribution is 2.29. The molecule has 8 heteroatoms. The molecule has 108 valence electrons. The Morgan fingerprint density at radius 1 is 1.40 bits per heavy atom. The Kier molecular flexibility index (Phi) is 4.04. The maximum atomic E-state index is 11.2. The van der Waals surface area contributed by atoms with Crippen LogP contribution in [0.4, 0.5) is 11.4 Å². The second-order valence-corrected chi connectivity index (χ2v) is 4.74. The first-order valence-corrected chi connectivity index (χ1v) is 6.22. The summed E-state index contributed by atoms with van der Waals surface area (Å²) in [5, 5.41) is 22.7. The Morgan fingerprint density at radius 2 is 2.05 bits per heavy atom. The molecule has 0 radical (unpaired) electrons. The summed E-state index contributed by atoms with van der Waals surface area (Å²) in [6, 6.07) is 4.61. The number of anilines is 1. The summed E-state index contributed by atoms with van der Waals surface area (Å²) in [5.41, 5.74) is 6.34. The molecule has 0 unspecified atom stereocenters. The molecule has 0 atom stereocenters. The van der Waals surface area contributed by atoms with Gasteiger partial charge in [0.05, 0.1) is 4.92 Å². The fourth-order valence-corrected chi connectivity index (χ4v) is 2.20. The van der Waals surface area contributed by atoms with Gasteiger partial charge in [-0.15, -0.1) is 0 Å². The third kappa shape index (κ3) is 2.80. The minimum absolute atomic E-state index is 0.0290. The Bertz CT molecular complexity index is 538. The van der Waals surface area contributed by atoms with E-state index in [0.717, 1.165) is 26.2 Å². The smallest absolute Gasteiger partial charge is 0.293 e. The molecule has 8 nitrogen and oxygen atoms in total. The Hall–Kier alpha value is -2.35. The molecule has 3 N–H and O–H groups in total. The van der Waals surface area contributed by atoms with Crippen LogP contribution >= 0.6 is 0 Å². The number of amidine groups is 1. The number of hydrogen-bond donors (Lipinski definition) is 2. The summed E-state index contributed by atoms with van der Waals surface area (Å²) in [6.07, 6.45) is 0. The number of likely N-dealkylation sites (N-methyl/N-ethyl adjacent to an activating group) is 1. The van der Waals surface area contributed by atoms with E-state index < -0.39 is 4.92 Å². The molecule has 0 aromatic heterocycles. The minimum Gasteiger partial charge on any atom is -0.409 e. The molecule has 0 amide bonds. The van der Waals surface area contributed by atoms with Crippen molar-refractivity contribution in [1.82, 2.24) is 4.90 Å². The lowest BCUT2D eigenvalue weighted by Gasteiger charge is -2.33. The van der Waals surface area contributed by atoms with Crippen LogP contribution in [-0.4, -0.2) is 54.1 Å². The van der Waals surface area contributed by atoms with Crippen molar-refractivity contribution < 1.29 is 10.1 Å². The van der Waals surface area contributed by atoms with Gasteiger partial charge in [0.25, 0.3) is 5.69 Å². The van der Waals surface area contributed by atoms with E-state index in [0.29, 0.717) is 11.3 Å². The SMILES string of the molecule is CN1CCN(c2ccc(C(N)=NO)cc2[N+](=O)[O-])CC1. The minimum atomic E-state index is -0.443. The molecule has 0 spiro atoms. The molecule has 1 aliphatic rings. The van der Waals surface area contributed by atoms with Crippen LogP contribution in [0, 0.1) is 10.1 Å². The van der Waals surface area contributed by atoms with E-state index in [4.69, 9.17) is 10.9 Å². The number of rotatable bonds is 3. The maximum Gasteiger partial charge on any atom is 0.293 e. The van der Waals surface area contributed by atoms with Crippen LogP contribution < -0.4 is 10.6 Å². The van der Waals surface area contributed by atoms with E-state index in [-0.39, 0.29) is 11.5 Å². The van der Waals surface area contributed by atoms with Gasteiger partial charge in [-0.25, -0.2) is 0 Å². The third-order valence-electron chi connectivity index (χ3n) is 3.42. The lowest BCUT2D eigenvalue weighted by Crippen LogP contribution is -2.44. The number of oxime groups is 1. The highest BCUT2D eigenvalue weighted by Gasteiger charge is 2.23. The molecule has 1 fully saturated rings. The lowest BCUT2D eigenvalue weighted by molar-refractivity contribution is -0.384. The average Bonchev–Trinajstić information content (AvgIpc) is 2.46. The number of nitro benzene ring substituents is 1. The van der Waals surface area contributed by atoms with Gasteiger partial charge in [-0.2, -0.15) is 0 Å². The largest absolute Gasteiger partial charge is 0.409 e. The summed E-state index contributed by atoms with van der Waals surface area (Å²) in [6.45, 7) is 3.19. The summed E-state index contributed by atoms with van der Waals surface area (Å²) >= 11 is 0. The molecule has 2 rings (SSSR count). The second-order valence-electron chi connectivity index (χ2n) is 4.74. The average molecular weight is 279 g/mol. The van der Waals surface area contributed by atoms with Crippen LogP contribution in [0.1, 0.15) is 5.56 Å². The molecule has 1 saturated heterocycles. The van der Waals surface area contributed by atoms with Gasteiger partial charge in [0.1, 0.15) is 5.69 Å². The zero-order valence-electron chi connectivity index (χ0n) is 11.2. The van der Waals surface area contributed by atoms with E-state index >= 15 is 0 Å². The van der Waals surface area contributed by atoms with Gasteiger partial charge in [-0.3, -0.25) is 10.1 Å². The Balaban J connectivity index is 2.35. The van der Waals surface area contributed by atoms with Gasteiger partial charge < -0.3 is 20.7 Å². The molecular weight excluding hydrogens is 262 g/mol. The fourth-order valence-electron chi connectivity index (χ4n) is 2.20. The van der Waals surface area contributed by atoms with E-state index in [2.05, 4.69) is 10.1 Å². The Labute approximate surface area is 116 Å². The maximum absolute atomic E-state index is 11.2. The van der Waals surface area contributed by atoms with Gasteiger partial charge in [0.2, 0.25) is 0 Å². The van der Waals surface area contributed by atoms with Gasteiger partial charge in [-0.05, 0) is 19.2 Å². The standard InChI is InChI=1S/C12H17N5O3/c1-15-4-6-16(7-5-15)10-3-2-9(12(13)14-18)8-11(10)17(19)20/h2-3,8,18H,4-7H2,1H3,(H2,13,14). The third-order valence-corrected chi connectivity index (χ3v) is 3.42. The van der Waals surface area contributed by atoms with Crippen molar-refractivity contribution in [2.45, 2.75) is 0 Å². The van der Waals surface area contributed by atoms with Crippen molar-refractivity contribution in [3.05, 3.63) is 33.9 Å². The Morgan fingerprint density at radius 3 is 2.60 bits per heavy atom. The summed E-state index contributed by atoms with van der Waals surface area (Å²) < 4.78 is 0. The van der Waals surface area contributed by atoms with E-state index in [1.165, 1.54) is 6.07 Å². The fraction of sp³-hybridized carbons (Fsp3) is 0.417. The van der Waals surface area contributed by atoms with Crippen molar-refractivity contribution in [1.29, 1.82) is 0 Å². The van der Waals surface area contributed by atoms with Crippen LogP contribution in [0.2, 0.25) is 0 Å². The molecule has 1 aromatic carbocycles. The van der Waals surface area contributed by atoms with Crippen molar-refractivity contribution in [2.75, 3.05) is 38.1 Å².